The van der Waals surface area contributed by atoms with Crippen LogP contribution >= 0.6 is 11.3 Å². The zero-order valence-electron chi connectivity index (χ0n) is 10.5. The van der Waals surface area contributed by atoms with E-state index in [4.69, 9.17) is 4.42 Å². The van der Waals surface area contributed by atoms with Crippen LogP contribution in [0.15, 0.2) is 45.7 Å². The maximum absolute atomic E-state index is 11.6. The Kier molecular flexibility index (Phi) is 4.19. The van der Waals surface area contributed by atoms with Gasteiger partial charge in [0.05, 0.1) is 12.8 Å². The summed E-state index contributed by atoms with van der Waals surface area (Å²) in [5, 5.41) is 16.7. The Bertz CT molecular complexity index is 541. The second kappa shape index (κ2) is 5.86. The fourth-order valence-corrected chi connectivity index (χ4v) is 2.16. The second-order valence-corrected chi connectivity index (χ2v) is 5.14. The van der Waals surface area contributed by atoms with Crippen molar-refractivity contribution in [2.24, 2.45) is 0 Å². The smallest absolute Gasteiger partial charge is 0.244 e. The number of aliphatic hydroxyl groups is 1. The summed E-state index contributed by atoms with van der Waals surface area (Å²) in [5.74, 6) is 0.174. The summed E-state index contributed by atoms with van der Waals surface area (Å²) in [5.41, 5.74) is -0.229. The molecular formula is C14H15NO3S. The average molecular weight is 277 g/mol. The molecule has 0 bridgehead atoms. The Morgan fingerprint density at radius 1 is 1.58 bits per heavy atom. The van der Waals surface area contributed by atoms with Gasteiger partial charge in [0.15, 0.2) is 0 Å². The highest BCUT2D eigenvalue weighted by atomic mass is 32.1. The molecule has 2 heterocycles. The first-order valence-electron chi connectivity index (χ1n) is 5.82. The number of hydrogen-bond donors (Lipinski definition) is 2. The molecule has 1 atom stereocenters. The lowest BCUT2D eigenvalue weighted by Crippen LogP contribution is -2.37. The van der Waals surface area contributed by atoms with Crippen molar-refractivity contribution in [2.45, 2.75) is 12.5 Å². The van der Waals surface area contributed by atoms with Crippen LogP contribution in [0.5, 0.6) is 0 Å². The Labute approximate surface area is 115 Å². The molecule has 0 fully saturated rings. The number of rotatable bonds is 5. The van der Waals surface area contributed by atoms with Gasteiger partial charge in [-0.05, 0) is 47.5 Å². The van der Waals surface area contributed by atoms with E-state index >= 15 is 0 Å². The number of amides is 1. The lowest BCUT2D eigenvalue weighted by atomic mass is 10.0. The Morgan fingerprint density at radius 2 is 2.42 bits per heavy atom. The van der Waals surface area contributed by atoms with Crippen LogP contribution in [0.2, 0.25) is 0 Å². The molecule has 2 rings (SSSR count). The van der Waals surface area contributed by atoms with Gasteiger partial charge in [-0.1, -0.05) is 0 Å². The van der Waals surface area contributed by atoms with E-state index < -0.39 is 5.60 Å². The largest absolute Gasteiger partial charge is 0.466 e. The van der Waals surface area contributed by atoms with E-state index in [9.17, 15) is 9.90 Å². The molecule has 5 heteroatoms. The highest BCUT2D eigenvalue weighted by Crippen LogP contribution is 2.19. The van der Waals surface area contributed by atoms with Gasteiger partial charge in [0.2, 0.25) is 5.91 Å². The standard InChI is InChI=1S/C14H15NO3S/c1-14(17,12-3-2-7-18-12)10-15-13(16)5-4-11-6-8-19-9-11/h2-9,17H,10H2,1H3,(H,15,16)/b5-4+/t14-/m1/s1. The minimum atomic E-state index is -1.21. The molecule has 0 aromatic carbocycles. The number of thiophene rings is 1. The molecule has 1 amide bonds. The average Bonchev–Trinajstić information content (AvgIpc) is 3.06. The molecule has 0 unspecified atom stereocenters. The van der Waals surface area contributed by atoms with Crippen LogP contribution < -0.4 is 5.32 Å². The molecule has 0 spiro atoms. The van der Waals surface area contributed by atoms with Crippen LogP contribution in [-0.2, 0) is 10.4 Å². The lowest BCUT2D eigenvalue weighted by Gasteiger charge is -2.20. The van der Waals surface area contributed by atoms with E-state index in [1.54, 1.807) is 36.5 Å². The van der Waals surface area contributed by atoms with Crippen molar-refractivity contribution in [2.75, 3.05) is 6.54 Å². The van der Waals surface area contributed by atoms with E-state index in [-0.39, 0.29) is 12.5 Å². The quantitative estimate of drug-likeness (QED) is 0.825. The number of nitrogens with one attached hydrogen (secondary N) is 1. The molecule has 0 aliphatic rings. The number of furan rings is 1. The normalized spacial score (nSPS) is 14.4. The summed E-state index contributed by atoms with van der Waals surface area (Å²) in [7, 11) is 0. The summed E-state index contributed by atoms with van der Waals surface area (Å²) in [4.78, 5) is 11.6. The van der Waals surface area contributed by atoms with Crippen molar-refractivity contribution in [1.29, 1.82) is 0 Å². The van der Waals surface area contributed by atoms with Gasteiger partial charge in [-0.25, -0.2) is 0 Å². The molecule has 100 valence electrons. The van der Waals surface area contributed by atoms with Gasteiger partial charge in [0, 0.05) is 6.08 Å². The SMILES string of the molecule is C[C@@](O)(CNC(=O)/C=C/c1ccsc1)c1ccco1. The Hall–Kier alpha value is -1.85. The maximum atomic E-state index is 11.6. The second-order valence-electron chi connectivity index (χ2n) is 4.36. The zero-order chi connectivity index (χ0) is 13.7. The molecule has 2 aromatic heterocycles. The van der Waals surface area contributed by atoms with Crippen molar-refractivity contribution in [3.63, 3.8) is 0 Å². The summed E-state index contributed by atoms with van der Waals surface area (Å²) in [6.07, 6.45) is 4.66. The third kappa shape index (κ3) is 3.81. The third-order valence-electron chi connectivity index (χ3n) is 2.63. The van der Waals surface area contributed by atoms with E-state index in [2.05, 4.69) is 5.32 Å². The van der Waals surface area contributed by atoms with Crippen LogP contribution in [0.1, 0.15) is 18.2 Å². The van der Waals surface area contributed by atoms with E-state index in [0.717, 1.165) is 5.56 Å². The molecule has 0 aliphatic carbocycles. The third-order valence-corrected chi connectivity index (χ3v) is 3.33. The highest BCUT2D eigenvalue weighted by molar-refractivity contribution is 7.08. The van der Waals surface area contributed by atoms with Crippen LogP contribution in [0.25, 0.3) is 6.08 Å². The van der Waals surface area contributed by atoms with Crippen molar-refractivity contribution >= 4 is 23.3 Å². The fourth-order valence-electron chi connectivity index (χ4n) is 1.53. The first-order chi connectivity index (χ1) is 9.08. The molecule has 4 nitrogen and oxygen atoms in total. The fraction of sp³-hybridized carbons (Fsp3) is 0.214. The van der Waals surface area contributed by atoms with Gasteiger partial charge in [0.1, 0.15) is 11.4 Å². The maximum Gasteiger partial charge on any atom is 0.244 e. The van der Waals surface area contributed by atoms with Gasteiger partial charge in [-0.15, -0.1) is 0 Å². The molecule has 0 saturated carbocycles. The first-order valence-corrected chi connectivity index (χ1v) is 6.77. The predicted octanol–water partition coefficient (Wildman–Crippen LogP) is 2.38. The van der Waals surface area contributed by atoms with Crippen molar-refractivity contribution < 1.29 is 14.3 Å². The predicted molar refractivity (Wildman–Crippen MR) is 74.6 cm³/mol. The van der Waals surface area contributed by atoms with Gasteiger partial charge >= 0.3 is 0 Å². The first kappa shape index (κ1) is 13.6. The van der Waals surface area contributed by atoms with Crippen LogP contribution in [-0.4, -0.2) is 17.6 Å². The van der Waals surface area contributed by atoms with Gasteiger partial charge in [-0.2, -0.15) is 11.3 Å². The van der Waals surface area contributed by atoms with Gasteiger partial charge < -0.3 is 14.8 Å². The van der Waals surface area contributed by atoms with Crippen molar-refractivity contribution in [3.05, 3.63) is 52.6 Å². The molecular weight excluding hydrogens is 262 g/mol. The molecule has 2 aromatic rings. The van der Waals surface area contributed by atoms with E-state index in [1.165, 1.54) is 12.3 Å². The number of carbonyl (C=O) groups is 1. The Morgan fingerprint density at radius 3 is 3.05 bits per heavy atom. The molecule has 19 heavy (non-hydrogen) atoms. The molecule has 0 radical (unpaired) electrons. The number of carbonyl (C=O) groups excluding carboxylic acids is 1. The minimum absolute atomic E-state index is 0.0906. The van der Waals surface area contributed by atoms with Crippen LogP contribution in [0.3, 0.4) is 0 Å². The van der Waals surface area contributed by atoms with E-state index in [0.29, 0.717) is 5.76 Å². The monoisotopic (exact) mass is 277 g/mol. The zero-order valence-corrected chi connectivity index (χ0v) is 11.3. The topological polar surface area (TPSA) is 62.5 Å². The van der Waals surface area contributed by atoms with Crippen LogP contribution in [0.4, 0.5) is 0 Å². The molecule has 0 saturated heterocycles. The van der Waals surface area contributed by atoms with Crippen molar-refractivity contribution in [1.82, 2.24) is 5.32 Å². The van der Waals surface area contributed by atoms with Crippen LogP contribution in [0, 0.1) is 0 Å². The van der Waals surface area contributed by atoms with Gasteiger partial charge in [-0.3, -0.25) is 4.79 Å². The molecule has 0 aliphatic heterocycles. The summed E-state index contributed by atoms with van der Waals surface area (Å²) < 4.78 is 5.13. The van der Waals surface area contributed by atoms with Gasteiger partial charge in [0.25, 0.3) is 0 Å². The summed E-state index contributed by atoms with van der Waals surface area (Å²) >= 11 is 1.57. The summed E-state index contributed by atoms with van der Waals surface area (Å²) in [6, 6.07) is 5.29. The van der Waals surface area contributed by atoms with E-state index in [1.807, 2.05) is 16.8 Å². The summed E-state index contributed by atoms with van der Waals surface area (Å²) in [6.45, 7) is 1.68. The Balaban J connectivity index is 1.87. The number of hydrogen-bond acceptors (Lipinski definition) is 4. The minimum Gasteiger partial charge on any atom is -0.466 e. The van der Waals surface area contributed by atoms with Crippen molar-refractivity contribution in [3.8, 4) is 0 Å². The highest BCUT2D eigenvalue weighted by Gasteiger charge is 2.26. The lowest BCUT2D eigenvalue weighted by molar-refractivity contribution is -0.117. The molecule has 2 N–H and O–H groups in total.